The number of nitrogens with one attached hydrogen (secondary N) is 1. The molecule has 1 unspecified atom stereocenters. The fourth-order valence-electron chi connectivity index (χ4n) is 3.67. The van der Waals surface area contributed by atoms with Crippen molar-refractivity contribution in [1.29, 1.82) is 5.26 Å². The van der Waals surface area contributed by atoms with Crippen LogP contribution in [0.15, 0.2) is 42.5 Å². The summed E-state index contributed by atoms with van der Waals surface area (Å²) in [7, 11) is 1.42. The van der Waals surface area contributed by atoms with Crippen LogP contribution >= 0.6 is 0 Å². The molecule has 8 nitrogen and oxygen atoms in total. The Morgan fingerprint density at radius 2 is 2.16 bits per heavy atom. The maximum Gasteiger partial charge on any atom is 0.255 e. The first-order valence-corrected chi connectivity index (χ1v) is 10.1. The lowest BCUT2D eigenvalue weighted by Crippen LogP contribution is -2.23. The van der Waals surface area contributed by atoms with Gasteiger partial charge in [-0.2, -0.15) is 10.4 Å². The zero-order valence-corrected chi connectivity index (χ0v) is 17.5. The Morgan fingerprint density at radius 1 is 1.38 bits per heavy atom. The van der Waals surface area contributed by atoms with Crippen molar-refractivity contribution in [2.45, 2.75) is 19.0 Å². The minimum absolute atomic E-state index is 0.0187. The smallest absolute Gasteiger partial charge is 0.255 e. The predicted octanol–water partition coefficient (Wildman–Crippen LogP) is 3.04. The zero-order chi connectivity index (χ0) is 22.7. The van der Waals surface area contributed by atoms with Gasteiger partial charge in [-0.1, -0.05) is 24.3 Å². The number of carbonyl (C=O) groups excluding carboxylic acids is 1. The summed E-state index contributed by atoms with van der Waals surface area (Å²) in [6, 6.07) is 13.2. The van der Waals surface area contributed by atoms with Crippen LogP contribution in [0.4, 0.5) is 10.2 Å². The first kappa shape index (κ1) is 21.3. The molecule has 0 radical (unpaired) electrons. The van der Waals surface area contributed by atoms with Gasteiger partial charge in [0.1, 0.15) is 34.7 Å². The van der Waals surface area contributed by atoms with E-state index in [1.165, 1.54) is 19.2 Å². The molecule has 1 aromatic heterocycles. The second-order valence-corrected chi connectivity index (χ2v) is 7.41. The number of nitrogens with zero attached hydrogens (tertiary/aromatic N) is 3. The maximum atomic E-state index is 13.5. The second-order valence-electron chi connectivity index (χ2n) is 7.41. The molecule has 4 rings (SSSR count). The van der Waals surface area contributed by atoms with Gasteiger partial charge in [0.15, 0.2) is 0 Å². The summed E-state index contributed by atoms with van der Waals surface area (Å²) in [5.74, 6) is -0.332. The normalized spacial score (nSPS) is 15.3. The molecule has 0 aliphatic carbocycles. The van der Waals surface area contributed by atoms with Crippen LogP contribution in [-0.4, -0.2) is 36.0 Å². The number of hydrogen-bond donors (Lipinski definition) is 2. The highest BCUT2D eigenvalue weighted by atomic mass is 19.1. The van der Waals surface area contributed by atoms with Gasteiger partial charge in [0, 0.05) is 18.7 Å². The van der Waals surface area contributed by atoms with Gasteiger partial charge < -0.3 is 20.5 Å². The molecule has 0 bridgehead atoms. The molecule has 1 saturated heterocycles. The summed E-state index contributed by atoms with van der Waals surface area (Å²) in [5.41, 5.74) is 8.71. The fraction of sp³-hybridized carbons (Fsp3) is 0.261. The molecule has 1 atom stereocenters. The monoisotopic (exact) mass is 435 g/mol. The highest BCUT2D eigenvalue weighted by Crippen LogP contribution is 2.31. The van der Waals surface area contributed by atoms with Crippen molar-refractivity contribution < 1.29 is 18.7 Å². The molecule has 164 valence electrons. The number of carbonyl (C=O) groups is 1. The summed E-state index contributed by atoms with van der Waals surface area (Å²) in [6.45, 7) is 1.40. The zero-order valence-electron chi connectivity index (χ0n) is 17.5. The Kier molecular flexibility index (Phi) is 6.05. The Bertz CT molecular complexity index is 1180. The average Bonchev–Trinajstić information content (AvgIpc) is 3.45. The van der Waals surface area contributed by atoms with Crippen LogP contribution in [0.1, 0.15) is 33.9 Å². The van der Waals surface area contributed by atoms with Gasteiger partial charge in [-0.05, 0) is 30.2 Å². The highest BCUT2D eigenvalue weighted by Gasteiger charge is 2.25. The third-order valence-corrected chi connectivity index (χ3v) is 5.40. The third-order valence-electron chi connectivity index (χ3n) is 5.40. The number of halogens is 1. The topological polar surface area (TPSA) is 115 Å². The summed E-state index contributed by atoms with van der Waals surface area (Å²) in [6.07, 6.45) is 0.797. The first-order valence-electron chi connectivity index (χ1n) is 10.1. The summed E-state index contributed by atoms with van der Waals surface area (Å²) >= 11 is 0. The number of nitrogens with two attached hydrogens (primary N) is 1. The molecular formula is C23H22FN5O3. The number of aromatic nitrogens is 2. The highest BCUT2D eigenvalue weighted by molar-refractivity contribution is 5.96. The number of anilines is 1. The lowest BCUT2D eigenvalue weighted by atomic mass is 10.1. The van der Waals surface area contributed by atoms with Gasteiger partial charge >= 0.3 is 0 Å². The van der Waals surface area contributed by atoms with Gasteiger partial charge in [0.05, 0.1) is 25.3 Å². The number of hydrogen-bond acceptors (Lipinski definition) is 6. The Labute approximate surface area is 184 Å². The number of rotatable bonds is 6. The van der Waals surface area contributed by atoms with E-state index in [4.69, 9.17) is 15.2 Å². The van der Waals surface area contributed by atoms with E-state index in [0.29, 0.717) is 36.0 Å². The van der Waals surface area contributed by atoms with E-state index in [-0.39, 0.29) is 18.2 Å². The molecule has 9 heteroatoms. The molecule has 3 N–H and O–H groups in total. The molecule has 1 aliphatic rings. The van der Waals surface area contributed by atoms with E-state index in [9.17, 15) is 14.4 Å². The number of ether oxygens (including phenoxy) is 2. The lowest BCUT2D eigenvalue weighted by molar-refractivity contribution is 0.0947. The fourth-order valence-corrected chi connectivity index (χ4v) is 3.67. The molecule has 0 spiro atoms. The summed E-state index contributed by atoms with van der Waals surface area (Å²) in [5, 5.41) is 16.9. The van der Waals surface area contributed by atoms with Crippen LogP contribution < -0.4 is 15.8 Å². The van der Waals surface area contributed by atoms with Gasteiger partial charge in [-0.15, -0.1) is 0 Å². The lowest BCUT2D eigenvalue weighted by Gasteiger charge is -2.10. The van der Waals surface area contributed by atoms with E-state index in [1.807, 2.05) is 24.3 Å². The number of nitriles is 1. The van der Waals surface area contributed by atoms with Crippen molar-refractivity contribution in [1.82, 2.24) is 15.1 Å². The minimum Gasteiger partial charge on any atom is -0.496 e. The molecule has 2 heterocycles. The van der Waals surface area contributed by atoms with Gasteiger partial charge in [-0.3, -0.25) is 4.79 Å². The summed E-state index contributed by atoms with van der Waals surface area (Å²) < 4.78 is 25.7. The Hall–Kier alpha value is -3.90. The number of methoxy groups -OCH3 is 1. The predicted molar refractivity (Wildman–Crippen MR) is 115 cm³/mol. The van der Waals surface area contributed by atoms with E-state index in [1.54, 1.807) is 4.68 Å². The second kappa shape index (κ2) is 9.08. The number of benzene rings is 2. The molecule has 1 aliphatic heterocycles. The van der Waals surface area contributed by atoms with E-state index in [0.717, 1.165) is 23.6 Å². The first-order chi connectivity index (χ1) is 15.5. The van der Waals surface area contributed by atoms with Crippen molar-refractivity contribution in [3.8, 4) is 23.1 Å². The molecule has 1 amide bonds. The summed E-state index contributed by atoms with van der Waals surface area (Å²) in [4.78, 5) is 12.5. The van der Waals surface area contributed by atoms with Gasteiger partial charge in [-0.25, -0.2) is 9.07 Å². The minimum atomic E-state index is -0.517. The van der Waals surface area contributed by atoms with Crippen LogP contribution in [0.25, 0.3) is 11.3 Å². The van der Waals surface area contributed by atoms with Crippen molar-refractivity contribution in [3.63, 3.8) is 0 Å². The van der Waals surface area contributed by atoms with E-state index < -0.39 is 11.7 Å². The van der Waals surface area contributed by atoms with Crippen molar-refractivity contribution in [3.05, 3.63) is 65.0 Å². The average molecular weight is 435 g/mol. The van der Waals surface area contributed by atoms with Crippen LogP contribution in [0, 0.1) is 17.1 Å². The maximum absolute atomic E-state index is 13.5. The molecule has 1 fully saturated rings. The van der Waals surface area contributed by atoms with E-state index in [2.05, 4.69) is 16.5 Å². The molecular weight excluding hydrogens is 413 g/mol. The molecule has 3 aromatic rings. The third kappa shape index (κ3) is 4.13. The number of nitrogen functional groups attached to an aromatic ring is 1. The molecule has 32 heavy (non-hydrogen) atoms. The Balaban J connectivity index is 1.50. The van der Waals surface area contributed by atoms with Crippen molar-refractivity contribution in [2.24, 2.45) is 0 Å². The van der Waals surface area contributed by atoms with E-state index >= 15 is 0 Å². The number of amides is 1. The van der Waals surface area contributed by atoms with Crippen LogP contribution in [0.3, 0.4) is 0 Å². The quantitative estimate of drug-likeness (QED) is 0.615. The Morgan fingerprint density at radius 3 is 2.81 bits per heavy atom. The van der Waals surface area contributed by atoms with Crippen molar-refractivity contribution >= 4 is 11.7 Å². The van der Waals surface area contributed by atoms with Crippen LogP contribution in [0.5, 0.6) is 5.75 Å². The molecule has 2 aromatic carbocycles. The van der Waals surface area contributed by atoms with Crippen LogP contribution in [-0.2, 0) is 11.3 Å². The van der Waals surface area contributed by atoms with Gasteiger partial charge in [0.2, 0.25) is 0 Å². The van der Waals surface area contributed by atoms with Crippen LogP contribution in [0.2, 0.25) is 0 Å². The largest absolute Gasteiger partial charge is 0.496 e. The SMILES string of the molecule is COc1ccc(F)cc1C(=O)NCc1ccc(-c2nn(C3CCOC3)c(N)c2C#N)cc1. The van der Waals surface area contributed by atoms with Crippen molar-refractivity contribution in [2.75, 3.05) is 26.1 Å². The molecule has 0 saturated carbocycles. The standard InChI is InChI=1S/C23H22FN5O3/c1-31-20-7-6-16(24)10-18(20)23(30)27-12-14-2-4-15(5-3-14)21-19(11-25)22(26)29(28-21)17-8-9-32-13-17/h2-7,10,17H,8-9,12-13,26H2,1H3,(H,27,30). The van der Waals surface area contributed by atoms with Gasteiger partial charge in [0.25, 0.3) is 5.91 Å².